The third-order valence-electron chi connectivity index (χ3n) is 2.41. The summed E-state index contributed by atoms with van der Waals surface area (Å²) >= 11 is 0. The summed E-state index contributed by atoms with van der Waals surface area (Å²) in [6.45, 7) is 4.18. The van der Waals surface area contributed by atoms with Crippen LogP contribution in [-0.2, 0) is 9.84 Å². The van der Waals surface area contributed by atoms with E-state index in [-0.39, 0.29) is 5.75 Å². The Morgan fingerprint density at radius 1 is 1.31 bits per heavy atom. The third-order valence-corrected chi connectivity index (χ3v) is 4.21. The van der Waals surface area contributed by atoms with Crippen LogP contribution in [0.25, 0.3) is 0 Å². The molecule has 1 rings (SSSR count). The lowest BCUT2D eigenvalue weighted by atomic mass is 10.1. The maximum absolute atomic E-state index is 11.9. The van der Waals surface area contributed by atoms with Crippen molar-refractivity contribution >= 4 is 15.5 Å². The molecule has 0 unspecified atom stereocenters. The first-order valence-electron chi connectivity index (χ1n) is 5.50. The number of hydrogen-bond acceptors (Lipinski definition) is 3. The van der Waals surface area contributed by atoms with Gasteiger partial charge in [-0.15, -0.1) is 0 Å². The van der Waals surface area contributed by atoms with Crippen molar-refractivity contribution in [3.8, 4) is 0 Å². The van der Waals surface area contributed by atoms with E-state index in [0.717, 1.165) is 6.42 Å². The monoisotopic (exact) mass is 241 g/mol. The van der Waals surface area contributed by atoms with Crippen LogP contribution in [0.5, 0.6) is 0 Å². The van der Waals surface area contributed by atoms with Crippen molar-refractivity contribution in [3.63, 3.8) is 0 Å². The Morgan fingerprint density at radius 2 is 2.00 bits per heavy atom. The minimum absolute atomic E-state index is 0.203. The van der Waals surface area contributed by atoms with E-state index < -0.39 is 9.84 Å². The summed E-state index contributed by atoms with van der Waals surface area (Å²) in [6, 6.07) is 6.48. The molecule has 0 aliphatic heterocycles. The summed E-state index contributed by atoms with van der Waals surface area (Å²) in [5.41, 5.74) is 6.06. The smallest absolute Gasteiger partial charge is 0.178 e. The number of rotatable bonds is 5. The van der Waals surface area contributed by atoms with Gasteiger partial charge in [0, 0.05) is 5.69 Å². The van der Waals surface area contributed by atoms with Crippen LogP contribution >= 0.6 is 0 Å². The highest BCUT2D eigenvalue weighted by Crippen LogP contribution is 2.16. The lowest BCUT2D eigenvalue weighted by Crippen LogP contribution is -2.08. The van der Waals surface area contributed by atoms with E-state index in [0.29, 0.717) is 22.9 Å². The maximum Gasteiger partial charge on any atom is 0.178 e. The van der Waals surface area contributed by atoms with E-state index in [9.17, 15) is 8.42 Å². The molecule has 0 aromatic heterocycles. The van der Waals surface area contributed by atoms with E-state index in [4.69, 9.17) is 5.73 Å². The molecule has 1 aromatic rings. The lowest BCUT2D eigenvalue weighted by molar-refractivity contribution is 0.560. The van der Waals surface area contributed by atoms with Crippen molar-refractivity contribution < 1.29 is 8.42 Å². The second kappa shape index (κ2) is 5.34. The molecule has 0 bridgehead atoms. The van der Waals surface area contributed by atoms with Gasteiger partial charge in [-0.2, -0.15) is 0 Å². The second-order valence-corrected chi connectivity index (χ2v) is 6.54. The van der Waals surface area contributed by atoms with Crippen molar-refractivity contribution in [3.05, 3.63) is 24.3 Å². The van der Waals surface area contributed by atoms with Gasteiger partial charge in [0.25, 0.3) is 0 Å². The van der Waals surface area contributed by atoms with Gasteiger partial charge >= 0.3 is 0 Å². The predicted molar refractivity (Wildman–Crippen MR) is 67.0 cm³/mol. The van der Waals surface area contributed by atoms with Gasteiger partial charge in [0.15, 0.2) is 9.84 Å². The normalized spacial score (nSPS) is 11.9. The van der Waals surface area contributed by atoms with Crippen LogP contribution in [0.2, 0.25) is 0 Å². The zero-order valence-corrected chi connectivity index (χ0v) is 10.6. The minimum atomic E-state index is -3.16. The van der Waals surface area contributed by atoms with Gasteiger partial charge in [-0.25, -0.2) is 8.42 Å². The van der Waals surface area contributed by atoms with Crippen molar-refractivity contribution in [2.24, 2.45) is 5.92 Å². The molecule has 0 fully saturated rings. The molecule has 0 saturated carbocycles. The van der Waals surface area contributed by atoms with Crippen molar-refractivity contribution in [2.75, 3.05) is 11.5 Å². The van der Waals surface area contributed by atoms with Crippen molar-refractivity contribution in [1.82, 2.24) is 0 Å². The number of nitrogens with two attached hydrogens (primary N) is 1. The molecule has 4 heteroatoms. The molecular weight excluding hydrogens is 222 g/mol. The van der Waals surface area contributed by atoms with E-state index in [1.54, 1.807) is 18.2 Å². The Bertz CT molecular complexity index is 438. The molecule has 0 spiro atoms. The minimum Gasteiger partial charge on any atom is -0.399 e. The first kappa shape index (κ1) is 13.0. The zero-order valence-electron chi connectivity index (χ0n) is 9.81. The Kier molecular flexibility index (Phi) is 4.35. The van der Waals surface area contributed by atoms with Crippen LogP contribution in [0, 0.1) is 5.92 Å². The van der Waals surface area contributed by atoms with Gasteiger partial charge in [0.1, 0.15) is 0 Å². The summed E-state index contributed by atoms with van der Waals surface area (Å²) in [5, 5.41) is 0. The summed E-state index contributed by atoms with van der Waals surface area (Å²) < 4.78 is 23.8. The number of hydrogen-bond donors (Lipinski definition) is 1. The molecule has 0 amide bonds. The molecule has 1 aromatic carbocycles. The summed E-state index contributed by atoms with van der Waals surface area (Å²) in [5.74, 6) is 0.741. The fourth-order valence-electron chi connectivity index (χ4n) is 1.51. The SMILES string of the molecule is CC(C)CCCS(=O)(=O)c1cccc(N)c1. The fourth-order valence-corrected chi connectivity index (χ4v) is 2.89. The van der Waals surface area contributed by atoms with Crippen molar-refractivity contribution in [2.45, 2.75) is 31.6 Å². The van der Waals surface area contributed by atoms with Gasteiger partial charge in [-0.05, 0) is 37.0 Å². The van der Waals surface area contributed by atoms with Crippen LogP contribution in [0.3, 0.4) is 0 Å². The molecule has 0 saturated heterocycles. The van der Waals surface area contributed by atoms with Crippen LogP contribution < -0.4 is 5.73 Å². The molecule has 2 N–H and O–H groups in total. The van der Waals surface area contributed by atoms with Crippen LogP contribution in [0.1, 0.15) is 26.7 Å². The topological polar surface area (TPSA) is 60.2 Å². The fraction of sp³-hybridized carbons (Fsp3) is 0.500. The van der Waals surface area contributed by atoms with Crippen LogP contribution in [0.15, 0.2) is 29.2 Å². The van der Waals surface area contributed by atoms with Gasteiger partial charge in [0.2, 0.25) is 0 Å². The zero-order chi connectivity index (χ0) is 12.2. The molecule has 0 radical (unpaired) electrons. The Morgan fingerprint density at radius 3 is 2.56 bits per heavy atom. The largest absolute Gasteiger partial charge is 0.399 e. The summed E-state index contributed by atoms with van der Waals surface area (Å²) in [6.07, 6.45) is 1.64. The molecule has 90 valence electrons. The van der Waals surface area contributed by atoms with Crippen molar-refractivity contribution in [1.29, 1.82) is 0 Å². The van der Waals surface area contributed by atoms with Gasteiger partial charge in [-0.1, -0.05) is 19.9 Å². The highest BCUT2D eigenvalue weighted by atomic mass is 32.2. The van der Waals surface area contributed by atoms with Gasteiger partial charge in [0.05, 0.1) is 10.6 Å². The lowest BCUT2D eigenvalue weighted by Gasteiger charge is -2.06. The first-order valence-corrected chi connectivity index (χ1v) is 7.15. The van der Waals surface area contributed by atoms with Gasteiger partial charge in [-0.3, -0.25) is 0 Å². The van der Waals surface area contributed by atoms with Crippen LogP contribution in [0.4, 0.5) is 5.69 Å². The van der Waals surface area contributed by atoms with E-state index in [1.807, 2.05) is 0 Å². The highest BCUT2D eigenvalue weighted by Gasteiger charge is 2.14. The second-order valence-electron chi connectivity index (χ2n) is 4.43. The maximum atomic E-state index is 11.9. The number of nitrogen functional groups attached to an aromatic ring is 1. The third kappa shape index (κ3) is 3.85. The van der Waals surface area contributed by atoms with E-state index >= 15 is 0 Å². The average Bonchev–Trinajstić information content (AvgIpc) is 2.16. The van der Waals surface area contributed by atoms with Gasteiger partial charge < -0.3 is 5.73 Å². The number of benzene rings is 1. The molecule has 16 heavy (non-hydrogen) atoms. The molecule has 0 aliphatic rings. The average molecular weight is 241 g/mol. The predicted octanol–water partition coefficient (Wildman–Crippen LogP) is 2.48. The molecule has 0 atom stereocenters. The highest BCUT2D eigenvalue weighted by molar-refractivity contribution is 7.91. The van der Waals surface area contributed by atoms with Crippen LogP contribution in [-0.4, -0.2) is 14.2 Å². The molecule has 0 aliphatic carbocycles. The first-order chi connectivity index (χ1) is 7.42. The summed E-state index contributed by atoms with van der Waals surface area (Å²) in [4.78, 5) is 0.330. The Hall–Kier alpha value is -1.03. The standard InChI is InChI=1S/C12H19NO2S/c1-10(2)5-4-8-16(14,15)12-7-3-6-11(13)9-12/h3,6-7,9-10H,4-5,8,13H2,1-2H3. The molecule has 0 heterocycles. The Balaban J connectivity index is 2.71. The van der Waals surface area contributed by atoms with E-state index in [2.05, 4.69) is 13.8 Å². The number of anilines is 1. The molecule has 3 nitrogen and oxygen atoms in total. The quantitative estimate of drug-likeness (QED) is 0.806. The number of sulfone groups is 1. The molecular formula is C12H19NO2S. The summed E-state index contributed by atoms with van der Waals surface area (Å²) in [7, 11) is -3.16. The van der Waals surface area contributed by atoms with E-state index in [1.165, 1.54) is 6.07 Å². The Labute approximate surface area is 97.6 Å².